The van der Waals surface area contributed by atoms with Gasteiger partial charge in [0.1, 0.15) is 5.60 Å². The number of amides is 2. The average Bonchev–Trinajstić information content (AvgIpc) is 2.55. The number of carbonyl (C=O) groups excluding carboxylic acids is 2. The van der Waals surface area contributed by atoms with Crippen LogP contribution in [0.2, 0.25) is 0 Å². The Morgan fingerprint density at radius 2 is 1.92 bits per heavy atom. The molecule has 0 bridgehead atoms. The molecule has 2 N–H and O–H groups in total. The summed E-state index contributed by atoms with van der Waals surface area (Å²) in [5, 5.41) is 0. The molecule has 1 aliphatic rings. The van der Waals surface area contributed by atoms with Crippen molar-refractivity contribution in [2.24, 2.45) is 11.7 Å². The molecule has 1 heterocycles. The molecule has 0 spiro atoms. The molecule has 7 heteroatoms. The van der Waals surface area contributed by atoms with Crippen LogP contribution in [-0.2, 0) is 4.74 Å². The molecule has 2 rings (SSSR count). The first-order valence-corrected chi connectivity index (χ1v) is 8.86. The zero-order valence-corrected chi connectivity index (χ0v) is 15.6. The van der Waals surface area contributed by atoms with Gasteiger partial charge in [0.25, 0.3) is 0 Å². The number of rotatable bonds is 5. The molecule has 0 saturated carbocycles. The van der Waals surface area contributed by atoms with E-state index >= 15 is 0 Å². The molecular formula is C19H27FN2O4. The minimum Gasteiger partial charge on any atom is -0.491 e. The summed E-state index contributed by atoms with van der Waals surface area (Å²) in [5.41, 5.74) is 4.74. The number of ether oxygens (including phenoxy) is 2. The van der Waals surface area contributed by atoms with Crippen LogP contribution in [0.5, 0.6) is 5.75 Å². The highest BCUT2D eigenvalue weighted by molar-refractivity contribution is 5.92. The van der Waals surface area contributed by atoms with E-state index in [0.717, 1.165) is 25.3 Å². The van der Waals surface area contributed by atoms with Crippen molar-refractivity contribution in [1.82, 2.24) is 4.90 Å². The third-order valence-electron chi connectivity index (χ3n) is 4.27. The van der Waals surface area contributed by atoms with Gasteiger partial charge in [-0.05, 0) is 64.2 Å². The number of piperidine rings is 1. The van der Waals surface area contributed by atoms with Crippen LogP contribution in [0.4, 0.5) is 9.18 Å². The van der Waals surface area contributed by atoms with E-state index in [2.05, 4.69) is 0 Å². The van der Waals surface area contributed by atoms with E-state index in [1.54, 1.807) is 4.90 Å². The van der Waals surface area contributed by atoms with Gasteiger partial charge in [-0.25, -0.2) is 9.18 Å². The van der Waals surface area contributed by atoms with Gasteiger partial charge in [0.05, 0.1) is 6.61 Å². The average molecular weight is 366 g/mol. The predicted octanol–water partition coefficient (Wildman–Crippen LogP) is 3.34. The number of halogens is 1. The van der Waals surface area contributed by atoms with Crippen LogP contribution in [-0.4, -0.2) is 42.2 Å². The van der Waals surface area contributed by atoms with Crippen LogP contribution >= 0.6 is 0 Å². The number of carbonyl (C=O) groups is 2. The molecule has 1 aromatic rings. The van der Waals surface area contributed by atoms with E-state index in [1.165, 1.54) is 12.1 Å². The molecule has 144 valence electrons. The van der Waals surface area contributed by atoms with Gasteiger partial charge in [-0.15, -0.1) is 0 Å². The van der Waals surface area contributed by atoms with Gasteiger partial charge in [0, 0.05) is 18.7 Å². The first-order valence-electron chi connectivity index (χ1n) is 8.86. The summed E-state index contributed by atoms with van der Waals surface area (Å²) in [6, 6.07) is 3.94. The SMILES string of the molecule is CC(C)(C)OC(=O)N1CCC(CCOc2ccc(C(N)=O)cc2F)CC1. The van der Waals surface area contributed by atoms with Crippen LogP contribution < -0.4 is 10.5 Å². The Morgan fingerprint density at radius 3 is 2.46 bits per heavy atom. The zero-order chi connectivity index (χ0) is 19.3. The van der Waals surface area contributed by atoms with Crippen LogP contribution in [0, 0.1) is 11.7 Å². The minimum atomic E-state index is -0.674. The molecule has 6 nitrogen and oxygen atoms in total. The fraction of sp³-hybridized carbons (Fsp3) is 0.579. The molecule has 26 heavy (non-hydrogen) atoms. The molecule has 1 aliphatic heterocycles. The van der Waals surface area contributed by atoms with Gasteiger partial charge in [-0.3, -0.25) is 4.79 Å². The summed E-state index contributed by atoms with van der Waals surface area (Å²) >= 11 is 0. The minimum absolute atomic E-state index is 0.112. The van der Waals surface area contributed by atoms with Gasteiger partial charge in [-0.2, -0.15) is 0 Å². The molecule has 0 radical (unpaired) electrons. The summed E-state index contributed by atoms with van der Waals surface area (Å²) in [7, 11) is 0. The molecular weight excluding hydrogens is 339 g/mol. The summed E-state index contributed by atoms with van der Waals surface area (Å²) < 4.78 is 24.7. The van der Waals surface area contributed by atoms with E-state index in [-0.39, 0.29) is 17.4 Å². The fourth-order valence-electron chi connectivity index (χ4n) is 2.84. The quantitative estimate of drug-likeness (QED) is 0.866. The Morgan fingerprint density at radius 1 is 1.27 bits per heavy atom. The highest BCUT2D eigenvalue weighted by Gasteiger charge is 2.26. The lowest BCUT2D eigenvalue weighted by atomic mass is 9.94. The lowest BCUT2D eigenvalue weighted by Crippen LogP contribution is -2.41. The van der Waals surface area contributed by atoms with Crippen molar-refractivity contribution >= 4 is 12.0 Å². The molecule has 1 aromatic carbocycles. The molecule has 1 saturated heterocycles. The first-order chi connectivity index (χ1) is 12.2. The lowest BCUT2D eigenvalue weighted by molar-refractivity contribution is 0.0177. The molecule has 2 amide bonds. The van der Waals surface area contributed by atoms with Crippen molar-refractivity contribution in [3.05, 3.63) is 29.6 Å². The third kappa shape index (κ3) is 5.89. The van der Waals surface area contributed by atoms with E-state index in [4.69, 9.17) is 15.2 Å². The Labute approximate surface area is 153 Å². The van der Waals surface area contributed by atoms with Crippen LogP contribution in [0.1, 0.15) is 50.4 Å². The second kappa shape index (κ2) is 8.38. The monoisotopic (exact) mass is 366 g/mol. The van der Waals surface area contributed by atoms with Crippen LogP contribution in [0.25, 0.3) is 0 Å². The Bertz CT molecular complexity index is 649. The van der Waals surface area contributed by atoms with E-state index in [1.807, 2.05) is 20.8 Å². The standard InChI is InChI=1S/C19H27FN2O4/c1-19(2,3)26-18(24)22-9-6-13(7-10-22)8-11-25-16-5-4-14(17(21)23)12-15(16)20/h4-5,12-13H,6-11H2,1-3H3,(H2,21,23). The largest absolute Gasteiger partial charge is 0.491 e. The normalized spacial score (nSPS) is 15.6. The Hall–Kier alpha value is -2.31. The Kier molecular flexibility index (Phi) is 6.45. The number of hydrogen-bond acceptors (Lipinski definition) is 4. The summed E-state index contributed by atoms with van der Waals surface area (Å²) in [6.07, 6.45) is 2.24. The zero-order valence-electron chi connectivity index (χ0n) is 15.6. The molecule has 0 unspecified atom stereocenters. The van der Waals surface area contributed by atoms with Crippen molar-refractivity contribution in [1.29, 1.82) is 0 Å². The second-order valence-corrected chi connectivity index (χ2v) is 7.56. The lowest BCUT2D eigenvalue weighted by Gasteiger charge is -2.33. The maximum absolute atomic E-state index is 13.9. The second-order valence-electron chi connectivity index (χ2n) is 7.56. The maximum atomic E-state index is 13.9. The smallest absolute Gasteiger partial charge is 0.410 e. The van der Waals surface area contributed by atoms with Crippen molar-refractivity contribution in [3.63, 3.8) is 0 Å². The number of nitrogens with two attached hydrogens (primary N) is 1. The number of likely N-dealkylation sites (tertiary alicyclic amines) is 1. The van der Waals surface area contributed by atoms with Gasteiger partial charge >= 0.3 is 6.09 Å². The molecule has 0 atom stereocenters. The third-order valence-corrected chi connectivity index (χ3v) is 4.27. The fourth-order valence-corrected chi connectivity index (χ4v) is 2.84. The Balaban J connectivity index is 1.74. The van der Waals surface area contributed by atoms with Gasteiger partial charge in [0.15, 0.2) is 11.6 Å². The number of benzene rings is 1. The highest BCUT2D eigenvalue weighted by Crippen LogP contribution is 2.24. The van der Waals surface area contributed by atoms with Crippen molar-refractivity contribution < 1.29 is 23.5 Å². The predicted molar refractivity (Wildman–Crippen MR) is 95.6 cm³/mol. The van der Waals surface area contributed by atoms with Gasteiger partial charge in [-0.1, -0.05) is 0 Å². The van der Waals surface area contributed by atoms with Crippen LogP contribution in [0.3, 0.4) is 0 Å². The highest BCUT2D eigenvalue weighted by atomic mass is 19.1. The maximum Gasteiger partial charge on any atom is 0.410 e. The van der Waals surface area contributed by atoms with Gasteiger partial charge < -0.3 is 20.1 Å². The van der Waals surface area contributed by atoms with Crippen molar-refractivity contribution in [2.75, 3.05) is 19.7 Å². The van der Waals surface area contributed by atoms with E-state index in [9.17, 15) is 14.0 Å². The molecule has 1 fully saturated rings. The molecule has 0 aromatic heterocycles. The number of hydrogen-bond donors (Lipinski definition) is 1. The topological polar surface area (TPSA) is 81.9 Å². The van der Waals surface area contributed by atoms with E-state index < -0.39 is 17.3 Å². The summed E-state index contributed by atoms with van der Waals surface area (Å²) in [6.45, 7) is 7.24. The summed E-state index contributed by atoms with van der Waals surface area (Å²) in [5.74, 6) is -0.740. The number of nitrogens with zero attached hydrogens (tertiary/aromatic N) is 1. The van der Waals surface area contributed by atoms with Gasteiger partial charge in [0.2, 0.25) is 5.91 Å². The van der Waals surface area contributed by atoms with E-state index in [0.29, 0.717) is 25.6 Å². The van der Waals surface area contributed by atoms with Crippen LogP contribution in [0.15, 0.2) is 18.2 Å². The molecule has 0 aliphatic carbocycles. The summed E-state index contributed by atoms with van der Waals surface area (Å²) in [4.78, 5) is 24.8. The number of primary amides is 1. The van der Waals surface area contributed by atoms with Crippen molar-refractivity contribution in [3.8, 4) is 5.75 Å². The first kappa shape index (κ1) is 20.0. The van der Waals surface area contributed by atoms with Crippen molar-refractivity contribution in [2.45, 2.75) is 45.6 Å².